The number of amides is 2. The highest BCUT2D eigenvalue weighted by Crippen LogP contribution is 2.25. The van der Waals surface area contributed by atoms with Crippen molar-refractivity contribution in [2.24, 2.45) is 11.8 Å². The Labute approximate surface area is 244 Å². The average Bonchev–Trinajstić information content (AvgIpc) is 2.87. The lowest BCUT2D eigenvalue weighted by atomic mass is 9.95. The minimum atomic E-state index is -5.08. The Balaban J connectivity index is 0.000000782. The number of piperidine rings is 1. The van der Waals surface area contributed by atoms with Gasteiger partial charge in [0.25, 0.3) is 15.9 Å². The SMILES string of the molecule is Cc1cc(C)c(S(=O)(=O)Nc2ccc(C(=O)N3CCC(C(=O)NCCC(C)C)CC3)cc2)c(C)c1.O=C(O)C(F)(F)F. The number of carboxylic acid groups (broad SMARTS) is 1. The van der Waals surface area contributed by atoms with E-state index in [1.54, 1.807) is 43.0 Å². The van der Waals surface area contributed by atoms with E-state index in [0.717, 1.165) is 12.0 Å². The molecule has 2 amide bonds. The Kier molecular flexibility index (Phi) is 12.0. The molecule has 0 atom stereocenters. The lowest BCUT2D eigenvalue weighted by Gasteiger charge is -2.31. The van der Waals surface area contributed by atoms with Crippen molar-refractivity contribution < 1.29 is 41.1 Å². The van der Waals surface area contributed by atoms with E-state index in [1.165, 1.54) is 0 Å². The first kappa shape index (κ1) is 34.6. The van der Waals surface area contributed by atoms with Crippen molar-refractivity contribution >= 4 is 33.5 Å². The molecule has 42 heavy (non-hydrogen) atoms. The van der Waals surface area contributed by atoms with Crippen LogP contribution in [0.1, 0.15) is 60.2 Å². The number of carboxylic acids is 1. The summed E-state index contributed by atoms with van der Waals surface area (Å²) < 4.78 is 60.3. The Morgan fingerprint density at radius 3 is 1.95 bits per heavy atom. The number of halogens is 3. The van der Waals surface area contributed by atoms with Gasteiger partial charge in [-0.05, 0) is 81.3 Å². The molecule has 2 aromatic carbocycles. The standard InChI is InChI=1S/C27H37N3O4S.C2HF3O2/c1-18(2)10-13-28-26(31)22-11-14-30(15-12-22)27(32)23-6-8-24(9-7-23)29-35(33,34)25-20(4)16-19(3)17-21(25)5;3-2(4,5)1(6)7/h6-9,16-18,22,29H,10-15H2,1-5H3,(H,28,31);(H,6,7). The number of likely N-dealkylation sites (tertiary alicyclic amines) is 1. The van der Waals surface area contributed by atoms with E-state index < -0.39 is 22.2 Å². The number of hydrogen-bond acceptors (Lipinski definition) is 5. The quantitative estimate of drug-likeness (QED) is 0.381. The van der Waals surface area contributed by atoms with E-state index in [2.05, 4.69) is 23.9 Å². The molecule has 3 rings (SSSR count). The van der Waals surface area contributed by atoms with Crippen molar-refractivity contribution in [2.75, 3.05) is 24.4 Å². The number of aliphatic carboxylic acids is 1. The molecular formula is C29H38F3N3O6S. The van der Waals surface area contributed by atoms with E-state index >= 15 is 0 Å². The van der Waals surface area contributed by atoms with Crippen LogP contribution in [-0.4, -0.2) is 62.0 Å². The number of carbonyl (C=O) groups is 3. The van der Waals surface area contributed by atoms with Crippen molar-refractivity contribution in [1.29, 1.82) is 0 Å². The highest BCUT2D eigenvalue weighted by atomic mass is 32.2. The van der Waals surface area contributed by atoms with Crippen LogP contribution in [0.25, 0.3) is 0 Å². The van der Waals surface area contributed by atoms with Crippen LogP contribution in [0.2, 0.25) is 0 Å². The maximum absolute atomic E-state index is 13.0. The number of nitrogens with one attached hydrogen (secondary N) is 2. The Morgan fingerprint density at radius 2 is 1.50 bits per heavy atom. The molecule has 0 unspecified atom stereocenters. The topological polar surface area (TPSA) is 133 Å². The van der Waals surface area contributed by atoms with Gasteiger partial charge in [-0.15, -0.1) is 0 Å². The third-order valence-corrected chi connectivity index (χ3v) is 8.36. The number of rotatable bonds is 8. The number of sulfonamides is 1. The molecule has 0 aliphatic carbocycles. The first-order chi connectivity index (χ1) is 19.4. The monoisotopic (exact) mass is 613 g/mol. The molecule has 0 bridgehead atoms. The number of alkyl halides is 3. The van der Waals surface area contributed by atoms with Gasteiger partial charge in [0.05, 0.1) is 4.90 Å². The van der Waals surface area contributed by atoms with Gasteiger partial charge in [-0.2, -0.15) is 13.2 Å². The number of anilines is 1. The normalized spacial score (nSPS) is 14.2. The summed E-state index contributed by atoms with van der Waals surface area (Å²) in [6.07, 6.45) is -2.84. The predicted molar refractivity (Wildman–Crippen MR) is 153 cm³/mol. The first-order valence-corrected chi connectivity index (χ1v) is 15.0. The summed E-state index contributed by atoms with van der Waals surface area (Å²) in [5.41, 5.74) is 3.29. The summed E-state index contributed by atoms with van der Waals surface area (Å²) >= 11 is 0. The molecular weight excluding hydrogens is 575 g/mol. The zero-order valence-electron chi connectivity index (χ0n) is 24.3. The molecule has 1 heterocycles. The van der Waals surface area contributed by atoms with Crippen LogP contribution in [0.5, 0.6) is 0 Å². The van der Waals surface area contributed by atoms with Crippen LogP contribution < -0.4 is 10.0 Å². The lowest BCUT2D eigenvalue weighted by molar-refractivity contribution is -0.192. The molecule has 0 aromatic heterocycles. The Hall–Kier alpha value is -3.61. The molecule has 0 saturated carbocycles. The lowest BCUT2D eigenvalue weighted by Crippen LogP contribution is -2.43. The van der Waals surface area contributed by atoms with Gasteiger partial charge >= 0.3 is 12.1 Å². The average molecular weight is 614 g/mol. The third-order valence-electron chi connectivity index (χ3n) is 6.67. The molecule has 13 heteroatoms. The maximum Gasteiger partial charge on any atom is 0.490 e. The zero-order valence-corrected chi connectivity index (χ0v) is 25.2. The van der Waals surface area contributed by atoms with E-state index in [0.29, 0.717) is 60.8 Å². The summed E-state index contributed by atoms with van der Waals surface area (Å²) in [7, 11) is -3.75. The Bertz CT molecular complexity index is 1340. The summed E-state index contributed by atoms with van der Waals surface area (Å²) in [5.74, 6) is -2.30. The van der Waals surface area contributed by atoms with Crippen LogP contribution in [0.15, 0.2) is 41.3 Å². The van der Waals surface area contributed by atoms with Gasteiger partial charge in [-0.25, -0.2) is 13.2 Å². The van der Waals surface area contributed by atoms with Crippen molar-refractivity contribution in [2.45, 2.75) is 65.0 Å². The number of nitrogens with zero attached hydrogens (tertiary/aromatic N) is 1. The molecule has 1 fully saturated rings. The van der Waals surface area contributed by atoms with E-state index in [9.17, 15) is 31.2 Å². The van der Waals surface area contributed by atoms with Crippen molar-refractivity contribution in [3.05, 3.63) is 58.7 Å². The van der Waals surface area contributed by atoms with E-state index in [1.807, 2.05) is 19.1 Å². The number of aryl methyl sites for hydroxylation is 3. The summed E-state index contributed by atoms with van der Waals surface area (Å²) in [4.78, 5) is 36.3. The fourth-order valence-electron chi connectivity index (χ4n) is 4.63. The summed E-state index contributed by atoms with van der Waals surface area (Å²) in [6.45, 7) is 11.5. The molecule has 0 radical (unpaired) electrons. The van der Waals surface area contributed by atoms with Crippen LogP contribution in [0.3, 0.4) is 0 Å². The maximum atomic E-state index is 13.0. The fourth-order valence-corrected chi connectivity index (χ4v) is 6.15. The largest absolute Gasteiger partial charge is 0.490 e. The van der Waals surface area contributed by atoms with Gasteiger partial charge in [0.1, 0.15) is 0 Å². The van der Waals surface area contributed by atoms with Gasteiger partial charge in [0.2, 0.25) is 5.91 Å². The fraction of sp³-hybridized carbons (Fsp3) is 0.483. The zero-order chi connectivity index (χ0) is 31.8. The minimum absolute atomic E-state index is 0.0586. The third kappa shape index (κ3) is 10.0. The second-order valence-electron chi connectivity index (χ2n) is 10.8. The van der Waals surface area contributed by atoms with Crippen LogP contribution in [-0.2, 0) is 19.6 Å². The van der Waals surface area contributed by atoms with Crippen LogP contribution in [0, 0.1) is 32.6 Å². The number of carbonyl (C=O) groups excluding carboxylic acids is 2. The predicted octanol–water partition coefficient (Wildman–Crippen LogP) is 5.06. The highest BCUT2D eigenvalue weighted by molar-refractivity contribution is 7.92. The van der Waals surface area contributed by atoms with Gasteiger partial charge in [-0.3, -0.25) is 14.3 Å². The Morgan fingerprint density at radius 1 is 1.00 bits per heavy atom. The van der Waals surface area contributed by atoms with Crippen LogP contribution >= 0.6 is 0 Å². The van der Waals surface area contributed by atoms with Gasteiger partial charge < -0.3 is 15.3 Å². The number of hydrogen-bond donors (Lipinski definition) is 3. The molecule has 232 valence electrons. The van der Waals surface area contributed by atoms with E-state index in [4.69, 9.17) is 9.90 Å². The van der Waals surface area contributed by atoms with Gasteiger partial charge in [0, 0.05) is 36.8 Å². The van der Waals surface area contributed by atoms with Crippen molar-refractivity contribution in [3.63, 3.8) is 0 Å². The second-order valence-corrected chi connectivity index (χ2v) is 12.4. The molecule has 1 aliphatic rings. The highest BCUT2D eigenvalue weighted by Gasteiger charge is 2.38. The number of benzene rings is 2. The van der Waals surface area contributed by atoms with Crippen molar-refractivity contribution in [1.82, 2.24) is 10.2 Å². The van der Waals surface area contributed by atoms with Crippen molar-refractivity contribution in [3.8, 4) is 0 Å². The summed E-state index contributed by atoms with van der Waals surface area (Å²) in [5, 5.41) is 10.1. The molecule has 9 nitrogen and oxygen atoms in total. The molecule has 1 saturated heterocycles. The van der Waals surface area contributed by atoms with E-state index in [-0.39, 0.29) is 22.6 Å². The van der Waals surface area contributed by atoms with Gasteiger partial charge in [0.15, 0.2) is 0 Å². The minimum Gasteiger partial charge on any atom is -0.475 e. The summed E-state index contributed by atoms with van der Waals surface area (Å²) in [6, 6.07) is 10.2. The second kappa shape index (κ2) is 14.5. The molecule has 0 spiro atoms. The smallest absolute Gasteiger partial charge is 0.475 e. The first-order valence-electron chi connectivity index (χ1n) is 13.5. The van der Waals surface area contributed by atoms with Gasteiger partial charge in [-0.1, -0.05) is 31.5 Å². The molecule has 1 aliphatic heterocycles. The van der Waals surface area contributed by atoms with Crippen LogP contribution in [0.4, 0.5) is 18.9 Å². The molecule has 2 aromatic rings. The molecule has 3 N–H and O–H groups in total.